The van der Waals surface area contributed by atoms with Gasteiger partial charge in [0.05, 0.1) is 6.61 Å². The summed E-state index contributed by atoms with van der Waals surface area (Å²) in [5, 5.41) is 2.96. The van der Waals surface area contributed by atoms with Crippen molar-refractivity contribution < 1.29 is 9.53 Å². The van der Waals surface area contributed by atoms with E-state index in [4.69, 9.17) is 10.5 Å². The summed E-state index contributed by atoms with van der Waals surface area (Å²) in [5.74, 6) is 0.665. The lowest BCUT2D eigenvalue weighted by atomic mass is 9.89. The van der Waals surface area contributed by atoms with Crippen LogP contribution < -0.4 is 15.8 Å². The van der Waals surface area contributed by atoms with E-state index in [0.29, 0.717) is 25.3 Å². The Labute approximate surface area is 121 Å². The van der Waals surface area contributed by atoms with Crippen LogP contribution in [0.1, 0.15) is 44.0 Å². The first-order valence-electron chi connectivity index (χ1n) is 7.19. The topological polar surface area (TPSA) is 64.3 Å². The molecule has 0 aromatic heterocycles. The summed E-state index contributed by atoms with van der Waals surface area (Å²) in [6.07, 6.45) is 1.83. The molecule has 4 nitrogen and oxygen atoms in total. The van der Waals surface area contributed by atoms with Gasteiger partial charge in [-0.25, -0.2) is 0 Å². The van der Waals surface area contributed by atoms with Gasteiger partial charge in [0, 0.05) is 12.1 Å². The van der Waals surface area contributed by atoms with Gasteiger partial charge in [-0.3, -0.25) is 4.79 Å². The molecule has 0 unspecified atom stereocenters. The zero-order valence-corrected chi connectivity index (χ0v) is 12.7. The van der Waals surface area contributed by atoms with Crippen LogP contribution in [0.2, 0.25) is 0 Å². The van der Waals surface area contributed by atoms with Crippen molar-refractivity contribution in [2.24, 2.45) is 11.1 Å². The molecule has 112 valence electrons. The summed E-state index contributed by atoms with van der Waals surface area (Å²) in [5.41, 5.74) is 6.21. The van der Waals surface area contributed by atoms with Gasteiger partial charge in [0.2, 0.25) is 0 Å². The Kier molecular flexibility index (Phi) is 6.52. The third-order valence-corrected chi connectivity index (χ3v) is 3.12. The lowest BCUT2D eigenvalue weighted by Crippen LogP contribution is -2.35. The SMILES string of the molecule is CCCOc1cccc(C(=O)NCC(C)(C)CCN)c1. The second-order valence-corrected chi connectivity index (χ2v) is 5.76. The first-order chi connectivity index (χ1) is 9.48. The zero-order chi connectivity index (χ0) is 15.0. The number of carbonyl (C=O) groups is 1. The van der Waals surface area contributed by atoms with Crippen molar-refractivity contribution in [3.05, 3.63) is 29.8 Å². The van der Waals surface area contributed by atoms with E-state index in [-0.39, 0.29) is 11.3 Å². The summed E-state index contributed by atoms with van der Waals surface area (Å²) in [6, 6.07) is 7.28. The van der Waals surface area contributed by atoms with Crippen molar-refractivity contribution in [2.75, 3.05) is 19.7 Å². The maximum Gasteiger partial charge on any atom is 0.251 e. The summed E-state index contributed by atoms with van der Waals surface area (Å²) in [4.78, 5) is 12.1. The highest BCUT2D eigenvalue weighted by Crippen LogP contribution is 2.18. The molecule has 1 aromatic carbocycles. The molecule has 0 aliphatic carbocycles. The highest BCUT2D eigenvalue weighted by atomic mass is 16.5. The van der Waals surface area contributed by atoms with Gasteiger partial charge in [-0.15, -0.1) is 0 Å². The van der Waals surface area contributed by atoms with Crippen molar-refractivity contribution in [1.29, 1.82) is 0 Å². The molecule has 0 aliphatic rings. The predicted molar refractivity (Wildman–Crippen MR) is 82.0 cm³/mol. The molecule has 0 bridgehead atoms. The van der Waals surface area contributed by atoms with Crippen molar-refractivity contribution in [2.45, 2.75) is 33.6 Å². The molecule has 1 aromatic rings. The number of benzene rings is 1. The van der Waals surface area contributed by atoms with Crippen LogP contribution in [0.15, 0.2) is 24.3 Å². The Hall–Kier alpha value is -1.55. The second-order valence-electron chi connectivity index (χ2n) is 5.76. The van der Waals surface area contributed by atoms with Gasteiger partial charge in [0.25, 0.3) is 5.91 Å². The maximum absolute atomic E-state index is 12.1. The van der Waals surface area contributed by atoms with Crippen molar-refractivity contribution in [3.63, 3.8) is 0 Å². The molecular formula is C16H26N2O2. The van der Waals surface area contributed by atoms with Crippen LogP contribution in [0.4, 0.5) is 0 Å². The lowest BCUT2D eigenvalue weighted by Gasteiger charge is -2.24. The standard InChI is InChI=1S/C16H26N2O2/c1-4-10-20-14-7-5-6-13(11-14)15(19)18-12-16(2,3)8-9-17/h5-7,11H,4,8-10,12,17H2,1-3H3,(H,18,19). The normalized spacial score (nSPS) is 11.2. The van der Waals surface area contributed by atoms with E-state index < -0.39 is 0 Å². The number of nitrogens with one attached hydrogen (secondary N) is 1. The summed E-state index contributed by atoms with van der Waals surface area (Å²) in [6.45, 7) is 8.15. The Morgan fingerprint density at radius 3 is 2.80 bits per heavy atom. The smallest absolute Gasteiger partial charge is 0.251 e. The Morgan fingerprint density at radius 2 is 2.15 bits per heavy atom. The van der Waals surface area contributed by atoms with Crippen LogP contribution in [0.25, 0.3) is 0 Å². The molecular weight excluding hydrogens is 252 g/mol. The molecule has 20 heavy (non-hydrogen) atoms. The van der Waals surface area contributed by atoms with Crippen LogP contribution in [0.3, 0.4) is 0 Å². The van der Waals surface area contributed by atoms with Gasteiger partial charge < -0.3 is 15.8 Å². The zero-order valence-electron chi connectivity index (χ0n) is 12.7. The van der Waals surface area contributed by atoms with Gasteiger partial charge in [-0.2, -0.15) is 0 Å². The molecule has 0 heterocycles. The highest BCUT2D eigenvalue weighted by molar-refractivity contribution is 5.94. The number of amides is 1. The molecule has 1 rings (SSSR count). The maximum atomic E-state index is 12.1. The summed E-state index contributed by atoms with van der Waals surface area (Å²) < 4.78 is 5.53. The second kappa shape index (κ2) is 7.90. The Bertz CT molecular complexity index is 430. The third kappa shape index (κ3) is 5.61. The van der Waals surface area contributed by atoms with E-state index >= 15 is 0 Å². The van der Waals surface area contributed by atoms with Crippen molar-refractivity contribution in [1.82, 2.24) is 5.32 Å². The monoisotopic (exact) mass is 278 g/mol. The largest absolute Gasteiger partial charge is 0.494 e. The van der Waals surface area contributed by atoms with Gasteiger partial charge in [0.1, 0.15) is 5.75 Å². The molecule has 3 N–H and O–H groups in total. The summed E-state index contributed by atoms with van der Waals surface area (Å²) in [7, 11) is 0. The van der Waals surface area contributed by atoms with E-state index in [1.807, 2.05) is 12.1 Å². The quantitative estimate of drug-likeness (QED) is 0.768. The minimum absolute atomic E-state index is 0.0146. The van der Waals surface area contributed by atoms with E-state index in [9.17, 15) is 4.79 Å². The van der Waals surface area contributed by atoms with Crippen LogP contribution >= 0.6 is 0 Å². The summed E-state index contributed by atoms with van der Waals surface area (Å²) >= 11 is 0. The minimum atomic E-state index is -0.0722. The fraction of sp³-hybridized carbons (Fsp3) is 0.562. The predicted octanol–water partition coefficient (Wildman–Crippen LogP) is 2.58. The molecule has 0 spiro atoms. The fourth-order valence-electron chi connectivity index (χ4n) is 1.85. The average Bonchev–Trinajstić information content (AvgIpc) is 2.43. The Balaban J connectivity index is 2.59. The fourth-order valence-corrected chi connectivity index (χ4v) is 1.85. The van der Waals surface area contributed by atoms with E-state index in [2.05, 4.69) is 26.1 Å². The van der Waals surface area contributed by atoms with Gasteiger partial charge >= 0.3 is 0 Å². The molecule has 0 fully saturated rings. The Morgan fingerprint density at radius 1 is 1.40 bits per heavy atom. The number of carbonyl (C=O) groups excluding carboxylic acids is 1. The van der Waals surface area contributed by atoms with Gasteiger partial charge in [-0.05, 0) is 43.0 Å². The van der Waals surface area contributed by atoms with Crippen LogP contribution in [-0.4, -0.2) is 25.6 Å². The first kappa shape index (κ1) is 16.5. The molecule has 0 saturated heterocycles. The van der Waals surface area contributed by atoms with Crippen LogP contribution in [0.5, 0.6) is 5.75 Å². The van der Waals surface area contributed by atoms with Crippen molar-refractivity contribution >= 4 is 5.91 Å². The average molecular weight is 278 g/mol. The third-order valence-electron chi connectivity index (χ3n) is 3.12. The van der Waals surface area contributed by atoms with Crippen LogP contribution in [-0.2, 0) is 0 Å². The molecule has 4 heteroatoms. The van der Waals surface area contributed by atoms with E-state index in [0.717, 1.165) is 18.6 Å². The number of rotatable bonds is 8. The number of hydrogen-bond acceptors (Lipinski definition) is 3. The molecule has 0 aliphatic heterocycles. The molecule has 0 atom stereocenters. The minimum Gasteiger partial charge on any atom is -0.494 e. The van der Waals surface area contributed by atoms with Gasteiger partial charge in [-0.1, -0.05) is 26.8 Å². The van der Waals surface area contributed by atoms with Crippen molar-refractivity contribution in [3.8, 4) is 5.75 Å². The molecule has 0 saturated carbocycles. The molecule has 0 radical (unpaired) electrons. The van der Waals surface area contributed by atoms with Crippen LogP contribution in [0, 0.1) is 5.41 Å². The van der Waals surface area contributed by atoms with E-state index in [1.54, 1.807) is 12.1 Å². The number of hydrogen-bond donors (Lipinski definition) is 2. The van der Waals surface area contributed by atoms with E-state index in [1.165, 1.54) is 0 Å². The number of nitrogens with two attached hydrogens (primary N) is 1. The highest BCUT2D eigenvalue weighted by Gasteiger charge is 2.18. The van der Waals surface area contributed by atoms with Gasteiger partial charge in [0.15, 0.2) is 0 Å². The first-order valence-corrected chi connectivity index (χ1v) is 7.19. The lowest BCUT2D eigenvalue weighted by molar-refractivity contribution is 0.0934. The molecule has 1 amide bonds. The number of ether oxygens (including phenoxy) is 1.